The van der Waals surface area contributed by atoms with E-state index >= 15 is 0 Å². The molecule has 5 rings (SSSR count). The van der Waals surface area contributed by atoms with Gasteiger partial charge in [-0.25, -0.2) is 4.98 Å². The SMILES string of the molecule is CC(C)(C)O.Cc1cccc(Cl)c1CN1CCc2cc(-c3c(OS(=O)(=O)C(F)(F)F)nc(C)c(CC(=O)OC(C)C)c3N3CCC(C)(C)CC3)ccc2C1. The number of fused-ring (bicyclic) bond motifs is 1. The van der Waals surface area contributed by atoms with E-state index in [4.69, 9.17) is 25.6 Å². The summed E-state index contributed by atoms with van der Waals surface area (Å²) in [5.41, 5.74) is -0.366. The van der Waals surface area contributed by atoms with Crippen LogP contribution in [0.4, 0.5) is 18.9 Å². The number of rotatable bonds is 9. The number of aryl methyl sites for hydroxylation is 2. The zero-order chi connectivity index (χ0) is 40.4. The van der Waals surface area contributed by atoms with Crippen LogP contribution < -0.4 is 9.08 Å². The zero-order valence-electron chi connectivity index (χ0n) is 32.7. The van der Waals surface area contributed by atoms with Crippen molar-refractivity contribution < 1.29 is 40.4 Å². The van der Waals surface area contributed by atoms with Crippen molar-refractivity contribution >= 4 is 33.4 Å². The van der Waals surface area contributed by atoms with Gasteiger partial charge in [0, 0.05) is 49.0 Å². The van der Waals surface area contributed by atoms with Crippen LogP contribution in [0, 0.1) is 19.3 Å². The number of alkyl halides is 3. The van der Waals surface area contributed by atoms with Crippen LogP contribution in [0.1, 0.15) is 94.8 Å². The second kappa shape index (κ2) is 16.8. The lowest BCUT2D eigenvalue weighted by Gasteiger charge is -2.40. The number of piperidine rings is 1. The van der Waals surface area contributed by atoms with Gasteiger partial charge in [0.2, 0.25) is 5.88 Å². The Kier molecular flexibility index (Phi) is 13.5. The number of aromatic nitrogens is 1. The molecule has 9 nitrogen and oxygen atoms in total. The predicted molar refractivity (Wildman–Crippen MR) is 206 cm³/mol. The lowest BCUT2D eigenvalue weighted by Crippen LogP contribution is -2.38. The number of benzene rings is 2. The molecule has 0 amide bonds. The van der Waals surface area contributed by atoms with Crippen LogP contribution in [0.25, 0.3) is 11.1 Å². The molecule has 3 heterocycles. The number of pyridine rings is 1. The number of nitrogens with zero attached hydrogens (tertiary/aromatic N) is 3. The molecule has 1 N–H and O–H groups in total. The Morgan fingerprint density at radius 3 is 2.22 bits per heavy atom. The van der Waals surface area contributed by atoms with Crippen molar-refractivity contribution in [2.24, 2.45) is 5.41 Å². The summed E-state index contributed by atoms with van der Waals surface area (Å²) in [5, 5.41) is 9.23. The summed E-state index contributed by atoms with van der Waals surface area (Å²) in [6.45, 7) is 19.6. The van der Waals surface area contributed by atoms with E-state index < -0.39 is 33.1 Å². The molecular formula is C40H53ClF3N3O6S. The van der Waals surface area contributed by atoms with Gasteiger partial charge in [0.15, 0.2) is 0 Å². The normalized spacial score (nSPS) is 16.4. The Balaban J connectivity index is 0.00000122. The Labute approximate surface area is 322 Å². The van der Waals surface area contributed by atoms with Gasteiger partial charge in [0.25, 0.3) is 0 Å². The van der Waals surface area contributed by atoms with Crippen molar-refractivity contribution in [1.82, 2.24) is 9.88 Å². The Bertz CT molecular complexity index is 1910. The monoisotopic (exact) mass is 795 g/mol. The summed E-state index contributed by atoms with van der Waals surface area (Å²) in [6.07, 6.45) is 1.59. The van der Waals surface area contributed by atoms with Crippen molar-refractivity contribution in [1.29, 1.82) is 0 Å². The summed E-state index contributed by atoms with van der Waals surface area (Å²) < 4.78 is 76.3. The smallest absolute Gasteiger partial charge is 0.463 e. The molecular weight excluding hydrogens is 743 g/mol. The topological polar surface area (TPSA) is 109 Å². The molecule has 14 heteroatoms. The lowest BCUT2D eigenvalue weighted by molar-refractivity contribution is -0.146. The number of aliphatic hydroxyl groups is 1. The van der Waals surface area contributed by atoms with Crippen molar-refractivity contribution in [2.75, 3.05) is 24.5 Å². The molecule has 0 radical (unpaired) electrons. The van der Waals surface area contributed by atoms with Crippen LogP contribution in [0.2, 0.25) is 5.02 Å². The first-order chi connectivity index (χ1) is 24.8. The van der Waals surface area contributed by atoms with Gasteiger partial charge in [-0.05, 0) is 107 Å². The number of hydrogen-bond acceptors (Lipinski definition) is 9. The fraction of sp³-hybridized carbons (Fsp3) is 0.550. The quantitative estimate of drug-likeness (QED) is 0.129. The number of anilines is 1. The van der Waals surface area contributed by atoms with Gasteiger partial charge in [0.05, 0.1) is 29.4 Å². The molecule has 54 heavy (non-hydrogen) atoms. The highest BCUT2D eigenvalue weighted by Crippen LogP contribution is 2.46. The first-order valence-electron chi connectivity index (χ1n) is 18.1. The van der Waals surface area contributed by atoms with Gasteiger partial charge in [-0.15, -0.1) is 0 Å². The van der Waals surface area contributed by atoms with Gasteiger partial charge in [0.1, 0.15) is 0 Å². The third-order valence-electron chi connectivity index (χ3n) is 9.36. The third kappa shape index (κ3) is 11.3. The zero-order valence-corrected chi connectivity index (χ0v) is 34.2. The molecule has 3 aromatic rings. The van der Waals surface area contributed by atoms with Crippen molar-refractivity contribution in [3.05, 3.63) is 74.9 Å². The predicted octanol–water partition coefficient (Wildman–Crippen LogP) is 8.70. The number of halogens is 4. The van der Waals surface area contributed by atoms with Gasteiger partial charge < -0.3 is 18.9 Å². The lowest BCUT2D eigenvalue weighted by atomic mass is 9.82. The van der Waals surface area contributed by atoms with E-state index in [-0.39, 0.29) is 29.2 Å². The van der Waals surface area contributed by atoms with Gasteiger partial charge in [-0.3, -0.25) is 9.69 Å². The van der Waals surface area contributed by atoms with Crippen LogP contribution in [-0.2, 0) is 45.6 Å². The molecule has 0 aliphatic carbocycles. The third-order valence-corrected chi connectivity index (χ3v) is 10.7. The summed E-state index contributed by atoms with van der Waals surface area (Å²) in [7, 11) is -6.07. The highest BCUT2D eigenvalue weighted by Gasteiger charge is 2.49. The number of esters is 1. The van der Waals surface area contributed by atoms with Gasteiger partial charge in [-0.2, -0.15) is 21.6 Å². The fourth-order valence-electron chi connectivity index (χ4n) is 6.51. The maximum absolute atomic E-state index is 13.7. The summed E-state index contributed by atoms with van der Waals surface area (Å²) in [4.78, 5) is 21.6. The standard InChI is InChI=1S/C36H43ClF3N3O5S.C4H10O/c1-22(2)47-31(44)19-28-24(4)41-34(48-49(45,46)36(38,39)40)32(33(28)43-16-13-35(5,6)14-17-43)26-10-11-27-20-42(15-12-25(27)18-26)21-29-23(3)8-7-9-30(29)37;1-4(2,3)5/h7-11,18,22H,12-17,19-21H2,1-6H3;5H,1-3H3. The second-order valence-electron chi connectivity index (χ2n) is 16.2. The molecule has 0 unspecified atom stereocenters. The number of carbonyl (C=O) groups excluding carboxylic acids is 1. The largest absolute Gasteiger partial charge is 0.534 e. The van der Waals surface area contributed by atoms with Crippen molar-refractivity contribution in [3.8, 4) is 17.0 Å². The highest BCUT2D eigenvalue weighted by atomic mass is 35.5. The van der Waals surface area contributed by atoms with E-state index in [2.05, 4.69) is 23.7 Å². The molecule has 1 saturated heterocycles. The molecule has 0 bridgehead atoms. The minimum absolute atomic E-state index is 0.0225. The summed E-state index contributed by atoms with van der Waals surface area (Å²) >= 11 is 6.51. The maximum Gasteiger partial charge on any atom is 0.534 e. The van der Waals surface area contributed by atoms with Crippen LogP contribution in [0.3, 0.4) is 0 Å². The number of hydrogen-bond donors (Lipinski definition) is 1. The summed E-state index contributed by atoms with van der Waals surface area (Å²) in [5.74, 6) is -1.21. The second-order valence-corrected chi connectivity index (χ2v) is 18.1. The Morgan fingerprint density at radius 2 is 1.65 bits per heavy atom. The molecule has 298 valence electrons. The molecule has 1 aromatic heterocycles. The molecule has 0 atom stereocenters. The minimum Gasteiger partial charge on any atom is -0.463 e. The van der Waals surface area contributed by atoms with Crippen molar-refractivity contribution in [2.45, 2.75) is 118 Å². The first kappa shape index (κ1) is 43.3. The van der Waals surface area contributed by atoms with Crippen LogP contribution in [-0.4, -0.2) is 66.2 Å². The van der Waals surface area contributed by atoms with E-state index in [9.17, 15) is 26.4 Å². The summed E-state index contributed by atoms with van der Waals surface area (Å²) in [6, 6.07) is 11.4. The Morgan fingerprint density at radius 1 is 1.02 bits per heavy atom. The van der Waals surface area contributed by atoms with E-state index in [1.807, 2.05) is 42.2 Å². The Hall–Kier alpha value is -3.39. The minimum atomic E-state index is -6.07. The maximum atomic E-state index is 13.7. The van der Waals surface area contributed by atoms with E-state index in [1.165, 1.54) is 6.92 Å². The number of ether oxygens (including phenoxy) is 1. The average molecular weight is 796 g/mol. The van der Waals surface area contributed by atoms with Crippen LogP contribution >= 0.6 is 11.6 Å². The van der Waals surface area contributed by atoms with Gasteiger partial charge >= 0.3 is 21.6 Å². The first-order valence-corrected chi connectivity index (χ1v) is 19.9. The van der Waals surface area contributed by atoms with E-state index in [1.54, 1.807) is 40.7 Å². The molecule has 1 fully saturated rings. The fourth-order valence-corrected chi connectivity index (χ4v) is 7.21. The van der Waals surface area contributed by atoms with Gasteiger partial charge in [-0.1, -0.05) is 55.8 Å². The number of carbonyl (C=O) groups is 1. The van der Waals surface area contributed by atoms with Crippen LogP contribution in [0.5, 0.6) is 5.88 Å². The average Bonchev–Trinajstić information content (AvgIpc) is 3.02. The highest BCUT2D eigenvalue weighted by molar-refractivity contribution is 7.88. The molecule has 0 saturated carbocycles. The van der Waals surface area contributed by atoms with Crippen LogP contribution in [0.15, 0.2) is 36.4 Å². The molecule has 2 aliphatic heterocycles. The van der Waals surface area contributed by atoms with E-state index in [0.29, 0.717) is 61.0 Å². The molecule has 2 aliphatic rings. The van der Waals surface area contributed by atoms with E-state index in [0.717, 1.165) is 35.1 Å². The molecule has 2 aromatic carbocycles. The van der Waals surface area contributed by atoms with Crippen molar-refractivity contribution in [3.63, 3.8) is 0 Å². The molecule has 0 spiro atoms.